The van der Waals surface area contributed by atoms with Crippen LogP contribution in [-0.2, 0) is 16.6 Å². The summed E-state index contributed by atoms with van der Waals surface area (Å²) in [5.74, 6) is 1.97. The molecule has 0 unspecified atom stereocenters. The van der Waals surface area contributed by atoms with Gasteiger partial charge in [-0.05, 0) is 52.6 Å². The first-order chi connectivity index (χ1) is 16.5. The first-order valence-electron chi connectivity index (χ1n) is 11.7. The summed E-state index contributed by atoms with van der Waals surface area (Å²) in [4.78, 5) is 4.70. The van der Waals surface area contributed by atoms with Gasteiger partial charge in [0.2, 0.25) is 21.7 Å². The first-order valence-corrected chi connectivity index (χ1v) is 13.2. The van der Waals surface area contributed by atoms with Gasteiger partial charge >= 0.3 is 0 Å². The monoisotopic (exact) mass is 501 g/mol. The van der Waals surface area contributed by atoms with E-state index in [1.54, 1.807) is 32.4 Å². The van der Waals surface area contributed by atoms with Crippen LogP contribution in [0.15, 0.2) is 39.8 Å². The fourth-order valence-corrected chi connectivity index (χ4v) is 5.52. The van der Waals surface area contributed by atoms with Crippen molar-refractivity contribution in [2.75, 3.05) is 14.2 Å². The van der Waals surface area contributed by atoms with Crippen molar-refractivity contribution in [3.63, 3.8) is 0 Å². The second-order valence-corrected chi connectivity index (χ2v) is 11.1. The molecule has 0 radical (unpaired) electrons. The van der Waals surface area contributed by atoms with E-state index < -0.39 is 10.0 Å². The van der Waals surface area contributed by atoms with Crippen LogP contribution in [0, 0.1) is 0 Å². The second kappa shape index (κ2) is 10.8. The molecule has 8 nitrogen and oxygen atoms in total. The number of benzene rings is 2. The number of sulfonamides is 1. The topological polar surface area (TPSA) is 104 Å². The van der Waals surface area contributed by atoms with E-state index in [4.69, 9.17) is 14.0 Å². The number of hydrogen-bond donors (Lipinski definition) is 1. The van der Waals surface area contributed by atoms with Crippen molar-refractivity contribution in [3.05, 3.63) is 52.9 Å². The summed E-state index contributed by atoms with van der Waals surface area (Å²) in [6, 6.07) is 9.28. The van der Waals surface area contributed by atoms with Crippen LogP contribution < -0.4 is 14.2 Å². The molecule has 0 spiro atoms. The van der Waals surface area contributed by atoms with E-state index in [1.165, 1.54) is 0 Å². The fraction of sp³-hybridized carbons (Fsp3) is 0.462. The molecule has 1 heterocycles. The van der Waals surface area contributed by atoms with Crippen LogP contribution in [-0.4, -0.2) is 32.8 Å². The summed E-state index contributed by atoms with van der Waals surface area (Å²) >= 11 is 0. The number of rotatable bonds is 10. The van der Waals surface area contributed by atoms with Crippen molar-refractivity contribution >= 4 is 10.0 Å². The van der Waals surface area contributed by atoms with E-state index in [2.05, 4.69) is 28.7 Å². The van der Waals surface area contributed by atoms with E-state index in [1.807, 2.05) is 39.8 Å². The largest absolute Gasteiger partial charge is 0.493 e. The Balaban J connectivity index is 1.91. The third kappa shape index (κ3) is 5.85. The van der Waals surface area contributed by atoms with Crippen LogP contribution >= 0.6 is 0 Å². The molecule has 0 aliphatic rings. The van der Waals surface area contributed by atoms with Gasteiger partial charge in [-0.3, -0.25) is 0 Å². The third-order valence-corrected chi connectivity index (χ3v) is 7.40. The molecule has 0 atom stereocenters. The number of methoxy groups -OCH3 is 2. The van der Waals surface area contributed by atoms with E-state index in [9.17, 15) is 8.42 Å². The number of hydrogen-bond acceptors (Lipinski definition) is 7. The van der Waals surface area contributed by atoms with Crippen molar-refractivity contribution in [3.8, 4) is 22.9 Å². The van der Waals surface area contributed by atoms with Crippen LogP contribution in [0.4, 0.5) is 0 Å². The molecule has 0 saturated heterocycles. The standard InChI is InChI=1S/C26H35N3O5S/c1-15(2)19-11-20(16(3)4)25(21(12-19)17(5)6)35(30,31)27-14-24-28-26(29-34-24)18-9-10-22(32-7)23(13-18)33-8/h9-13,15-17,27H,14H2,1-8H3. The van der Waals surface area contributed by atoms with Crippen molar-refractivity contribution in [1.82, 2.24) is 14.9 Å². The maximum absolute atomic E-state index is 13.5. The number of nitrogens with zero attached hydrogens (tertiary/aromatic N) is 2. The molecular weight excluding hydrogens is 466 g/mol. The molecule has 1 N–H and O–H groups in total. The van der Waals surface area contributed by atoms with Gasteiger partial charge in [0.25, 0.3) is 0 Å². The van der Waals surface area contributed by atoms with Gasteiger partial charge in [-0.2, -0.15) is 4.98 Å². The Morgan fingerprint density at radius 2 is 1.49 bits per heavy atom. The van der Waals surface area contributed by atoms with Gasteiger partial charge in [0.15, 0.2) is 11.5 Å². The SMILES string of the molecule is COc1ccc(-c2noc(CNS(=O)(=O)c3c(C(C)C)cc(C(C)C)cc3C(C)C)n2)cc1OC. The first kappa shape index (κ1) is 26.7. The Kier molecular flexibility index (Phi) is 8.22. The predicted molar refractivity (Wildman–Crippen MR) is 136 cm³/mol. The highest BCUT2D eigenvalue weighted by Crippen LogP contribution is 2.35. The molecule has 0 bridgehead atoms. The van der Waals surface area contributed by atoms with Gasteiger partial charge < -0.3 is 14.0 Å². The molecule has 190 valence electrons. The zero-order chi connectivity index (χ0) is 25.9. The molecule has 35 heavy (non-hydrogen) atoms. The molecule has 3 aromatic rings. The van der Waals surface area contributed by atoms with E-state index in [0.29, 0.717) is 33.7 Å². The Hall–Kier alpha value is -2.91. The third-order valence-electron chi connectivity index (χ3n) is 5.87. The maximum Gasteiger partial charge on any atom is 0.242 e. The highest BCUT2D eigenvalue weighted by atomic mass is 32.2. The van der Waals surface area contributed by atoms with Crippen LogP contribution in [0.25, 0.3) is 11.4 Å². The molecule has 9 heteroatoms. The van der Waals surface area contributed by atoms with E-state index in [0.717, 1.165) is 16.7 Å². The Morgan fingerprint density at radius 3 is 2.00 bits per heavy atom. The summed E-state index contributed by atoms with van der Waals surface area (Å²) < 4.78 is 45.7. The Morgan fingerprint density at radius 1 is 0.886 bits per heavy atom. The van der Waals surface area contributed by atoms with E-state index in [-0.39, 0.29) is 24.3 Å². The molecule has 3 rings (SSSR count). The Labute approximate surface area is 208 Å². The molecule has 0 fully saturated rings. The van der Waals surface area contributed by atoms with Crippen molar-refractivity contribution in [2.24, 2.45) is 0 Å². The normalized spacial score (nSPS) is 12.1. The van der Waals surface area contributed by atoms with E-state index >= 15 is 0 Å². The summed E-state index contributed by atoms with van der Waals surface area (Å²) in [7, 11) is -0.740. The van der Waals surface area contributed by atoms with Crippen molar-refractivity contribution in [1.29, 1.82) is 0 Å². The molecule has 1 aromatic heterocycles. The van der Waals surface area contributed by atoms with Gasteiger partial charge in [0.1, 0.15) is 0 Å². The molecule has 0 aliphatic heterocycles. The van der Waals surface area contributed by atoms with Crippen LogP contribution in [0.3, 0.4) is 0 Å². The van der Waals surface area contributed by atoms with Gasteiger partial charge in [0, 0.05) is 5.56 Å². The summed E-state index contributed by atoms with van der Waals surface area (Å²) in [5, 5.41) is 4.00. The fourth-order valence-electron chi connectivity index (χ4n) is 3.85. The highest BCUT2D eigenvalue weighted by molar-refractivity contribution is 7.89. The second-order valence-electron chi connectivity index (χ2n) is 9.40. The smallest absolute Gasteiger partial charge is 0.242 e. The predicted octanol–water partition coefficient (Wildman–Crippen LogP) is 5.60. The average Bonchev–Trinajstić information content (AvgIpc) is 3.30. The maximum atomic E-state index is 13.5. The van der Waals surface area contributed by atoms with Crippen LogP contribution in [0.2, 0.25) is 0 Å². The molecule has 0 amide bonds. The summed E-state index contributed by atoms with van der Waals surface area (Å²) in [5.41, 5.74) is 3.41. The van der Waals surface area contributed by atoms with Crippen LogP contribution in [0.1, 0.15) is 81.9 Å². The zero-order valence-electron chi connectivity index (χ0n) is 21.7. The van der Waals surface area contributed by atoms with Gasteiger partial charge in [-0.25, -0.2) is 13.1 Å². The summed E-state index contributed by atoms with van der Waals surface area (Å²) in [6.07, 6.45) is 0. The highest BCUT2D eigenvalue weighted by Gasteiger charge is 2.27. The average molecular weight is 502 g/mol. The number of ether oxygens (including phenoxy) is 2. The lowest BCUT2D eigenvalue weighted by Crippen LogP contribution is -2.26. The van der Waals surface area contributed by atoms with Crippen molar-refractivity contribution in [2.45, 2.75) is 70.7 Å². The molecule has 0 aliphatic carbocycles. The van der Waals surface area contributed by atoms with Gasteiger partial charge in [0.05, 0.1) is 25.7 Å². The molecule has 2 aromatic carbocycles. The number of nitrogens with one attached hydrogen (secondary N) is 1. The number of aromatic nitrogens is 2. The zero-order valence-corrected chi connectivity index (χ0v) is 22.5. The lowest BCUT2D eigenvalue weighted by atomic mass is 9.89. The lowest BCUT2D eigenvalue weighted by molar-refractivity contribution is 0.355. The lowest BCUT2D eigenvalue weighted by Gasteiger charge is -2.22. The van der Waals surface area contributed by atoms with Crippen LogP contribution in [0.5, 0.6) is 11.5 Å². The van der Waals surface area contributed by atoms with Gasteiger partial charge in [-0.1, -0.05) is 58.8 Å². The minimum atomic E-state index is -3.84. The van der Waals surface area contributed by atoms with Crippen molar-refractivity contribution < 1.29 is 22.4 Å². The molecule has 0 saturated carbocycles. The minimum Gasteiger partial charge on any atom is -0.493 e. The minimum absolute atomic E-state index is 0.0397. The Bertz CT molecular complexity index is 1250. The molecular formula is C26H35N3O5S. The van der Waals surface area contributed by atoms with Gasteiger partial charge in [-0.15, -0.1) is 0 Å². The summed E-state index contributed by atoms with van der Waals surface area (Å²) in [6.45, 7) is 12.1. The quantitative estimate of drug-likeness (QED) is 0.385.